The van der Waals surface area contributed by atoms with Crippen LogP contribution in [0.5, 0.6) is 0 Å². The van der Waals surface area contributed by atoms with Gasteiger partial charge < -0.3 is 9.67 Å². The van der Waals surface area contributed by atoms with Crippen LogP contribution in [0.15, 0.2) is 41.7 Å². The lowest BCUT2D eigenvalue weighted by atomic mass is 10.2. The first kappa shape index (κ1) is 11.7. The number of carboxylic acids is 1. The molecule has 1 aromatic carbocycles. The Labute approximate surface area is 103 Å². The zero-order chi connectivity index (χ0) is 12.3. The summed E-state index contributed by atoms with van der Waals surface area (Å²) in [6.07, 6.45) is 3.60. The summed E-state index contributed by atoms with van der Waals surface area (Å²) in [6.45, 7) is 0. The van der Waals surface area contributed by atoms with Crippen molar-refractivity contribution in [2.45, 2.75) is 10.6 Å². The van der Waals surface area contributed by atoms with Crippen molar-refractivity contribution in [1.29, 1.82) is 0 Å². The summed E-state index contributed by atoms with van der Waals surface area (Å²) in [5.74, 6) is -0.0729. The minimum absolute atomic E-state index is 0.315. The highest BCUT2D eigenvalue weighted by Gasteiger charge is 2.03. The Morgan fingerprint density at radius 2 is 2.12 bits per heavy atom. The molecule has 2 rings (SSSR count). The zero-order valence-electron chi connectivity index (χ0n) is 9.33. The number of aromatic nitrogens is 2. The van der Waals surface area contributed by atoms with Crippen LogP contribution in [0, 0.1) is 0 Å². The van der Waals surface area contributed by atoms with Crippen molar-refractivity contribution in [3.05, 3.63) is 48.0 Å². The van der Waals surface area contributed by atoms with E-state index in [1.165, 1.54) is 0 Å². The molecule has 1 aromatic heterocycles. The molecule has 2 aromatic rings. The third-order valence-electron chi connectivity index (χ3n) is 2.40. The van der Waals surface area contributed by atoms with Gasteiger partial charge in [-0.25, -0.2) is 9.78 Å². The summed E-state index contributed by atoms with van der Waals surface area (Å²) < 4.78 is 1.97. The number of carboxylic acid groups (broad SMARTS) is 1. The maximum atomic E-state index is 10.7. The SMILES string of the molecule is Cn1cncc1CSc1ccc(C(=O)O)cc1. The largest absolute Gasteiger partial charge is 0.478 e. The van der Waals surface area contributed by atoms with E-state index in [4.69, 9.17) is 5.11 Å². The van der Waals surface area contributed by atoms with E-state index in [1.54, 1.807) is 30.2 Å². The Balaban J connectivity index is 2.00. The molecule has 5 heteroatoms. The van der Waals surface area contributed by atoms with Gasteiger partial charge in [0.05, 0.1) is 11.9 Å². The molecule has 0 spiro atoms. The summed E-state index contributed by atoms with van der Waals surface area (Å²) in [6, 6.07) is 6.89. The summed E-state index contributed by atoms with van der Waals surface area (Å²) in [5.41, 5.74) is 1.45. The number of thioether (sulfide) groups is 1. The van der Waals surface area contributed by atoms with Crippen molar-refractivity contribution < 1.29 is 9.90 Å². The molecule has 1 N–H and O–H groups in total. The van der Waals surface area contributed by atoms with Crippen LogP contribution in [-0.2, 0) is 12.8 Å². The Hall–Kier alpha value is -1.75. The second-order valence-corrected chi connectivity index (χ2v) is 4.66. The third-order valence-corrected chi connectivity index (χ3v) is 3.45. The topological polar surface area (TPSA) is 55.1 Å². The van der Waals surface area contributed by atoms with E-state index in [0.29, 0.717) is 5.56 Å². The molecule has 88 valence electrons. The lowest BCUT2D eigenvalue weighted by molar-refractivity contribution is 0.0697. The van der Waals surface area contributed by atoms with Crippen molar-refractivity contribution >= 4 is 17.7 Å². The molecule has 0 fully saturated rings. The summed E-state index contributed by atoms with van der Waals surface area (Å²) in [7, 11) is 1.95. The van der Waals surface area contributed by atoms with Crippen LogP contribution in [-0.4, -0.2) is 20.6 Å². The predicted molar refractivity (Wildman–Crippen MR) is 66.2 cm³/mol. The van der Waals surface area contributed by atoms with Gasteiger partial charge in [0, 0.05) is 29.6 Å². The van der Waals surface area contributed by atoms with Crippen LogP contribution in [0.4, 0.5) is 0 Å². The first-order valence-electron chi connectivity index (χ1n) is 5.08. The van der Waals surface area contributed by atoms with E-state index in [9.17, 15) is 4.79 Å². The molecule has 0 aliphatic rings. The fourth-order valence-electron chi connectivity index (χ4n) is 1.37. The smallest absolute Gasteiger partial charge is 0.335 e. The molecule has 0 unspecified atom stereocenters. The number of aromatic carboxylic acids is 1. The Morgan fingerprint density at radius 3 is 2.65 bits per heavy atom. The molecule has 0 bridgehead atoms. The van der Waals surface area contributed by atoms with Crippen LogP contribution >= 0.6 is 11.8 Å². The molecule has 4 nitrogen and oxygen atoms in total. The molecule has 1 heterocycles. The fraction of sp³-hybridized carbons (Fsp3) is 0.167. The highest BCUT2D eigenvalue weighted by molar-refractivity contribution is 7.98. The lowest BCUT2D eigenvalue weighted by Crippen LogP contribution is -1.95. The van der Waals surface area contributed by atoms with Crippen molar-refractivity contribution in [1.82, 2.24) is 9.55 Å². The van der Waals surface area contributed by atoms with Crippen LogP contribution in [0.1, 0.15) is 16.1 Å². The van der Waals surface area contributed by atoms with Gasteiger partial charge in [-0.15, -0.1) is 11.8 Å². The van der Waals surface area contributed by atoms with Crippen molar-refractivity contribution in [2.24, 2.45) is 7.05 Å². The number of hydrogen-bond donors (Lipinski definition) is 1. The van der Waals surface area contributed by atoms with Gasteiger partial charge in [0.2, 0.25) is 0 Å². The standard InChI is InChI=1S/C12H12N2O2S/c1-14-8-13-6-10(14)7-17-11-4-2-9(3-5-11)12(15)16/h2-6,8H,7H2,1H3,(H,15,16). The maximum absolute atomic E-state index is 10.7. The van der Waals surface area contributed by atoms with Gasteiger partial charge in [-0.3, -0.25) is 0 Å². The molecule has 0 radical (unpaired) electrons. The van der Waals surface area contributed by atoms with Gasteiger partial charge in [-0.1, -0.05) is 0 Å². The van der Waals surface area contributed by atoms with E-state index >= 15 is 0 Å². The molecular weight excluding hydrogens is 236 g/mol. The van der Waals surface area contributed by atoms with Crippen LogP contribution < -0.4 is 0 Å². The molecule has 0 aliphatic carbocycles. The molecule has 17 heavy (non-hydrogen) atoms. The van der Waals surface area contributed by atoms with E-state index in [2.05, 4.69) is 4.98 Å². The normalized spacial score (nSPS) is 10.4. The van der Waals surface area contributed by atoms with Crippen molar-refractivity contribution in [3.63, 3.8) is 0 Å². The number of imidazole rings is 1. The first-order chi connectivity index (χ1) is 8.16. The molecule has 0 saturated carbocycles. The molecular formula is C12H12N2O2S. The molecule has 0 amide bonds. The Kier molecular flexibility index (Phi) is 3.49. The number of aryl methyl sites for hydroxylation is 1. The summed E-state index contributed by atoms with van der Waals surface area (Å²) >= 11 is 1.66. The highest BCUT2D eigenvalue weighted by Crippen LogP contribution is 2.22. The third kappa shape index (κ3) is 2.88. The highest BCUT2D eigenvalue weighted by atomic mass is 32.2. The number of rotatable bonds is 4. The number of benzene rings is 1. The monoisotopic (exact) mass is 248 g/mol. The maximum Gasteiger partial charge on any atom is 0.335 e. The van der Waals surface area contributed by atoms with Gasteiger partial charge in [0.1, 0.15) is 0 Å². The van der Waals surface area contributed by atoms with E-state index in [0.717, 1.165) is 16.3 Å². The molecule has 0 aliphatic heterocycles. The zero-order valence-corrected chi connectivity index (χ0v) is 10.1. The van der Waals surface area contributed by atoms with Gasteiger partial charge in [0.25, 0.3) is 0 Å². The first-order valence-corrected chi connectivity index (χ1v) is 6.07. The van der Waals surface area contributed by atoms with E-state index in [1.807, 2.05) is 29.9 Å². The average molecular weight is 248 g/mol. The quantitative estimate of drug-likeness (QED) is 0.844. The molecule has 0 saturated heterocycles. The average Bonchev–Trinajstić information content (AvgIpc) is 2.73. The van der Waals surface area contributed by atoms with Crippen LogP contribution in [0.25, 0.3) is 0 Å². The van der Waals surface area contributed by atoms with E-state index < -0.39 is 5.97 Å². The van der Waals surface area contributed by atoms with Crippen LogP contribution in [0.3, 0.4) is 0 Å². The van der Waals surface area contributed by atoms with Gasteiger partial charge in [0.15, 0.2) is 0 Å². The second kappa shape index (κ2) is 5.05. The van der Waals surface area contributed by atoms with E-state index in [-0.39, 0.29) is 0 Å². The van der Waals surface area contributed by atoms with Gasteiger partial charge in [-0.05, 0) is 24.3 Å². The van der Waals surface area contributed by atoms with Gasteiger partial charge >= 0.3 is 5.97 Å². The Morgan fingerprint density at radius 1 is 1.41 bits per heavy atom. The van der Waals surface area contributed by atoms with Crippen molar-refractivity contribution in [2.75, 3.05) is 0 Å². The fourth-order valence-corrected chi connectivity index (χ4v) is 2.30. The minimum Gasteiger partial charge on any atom is -0.478 e. The minimum atomic E-state index is -0.895. The second-order valence-electron chi connectivity index (χ2n) is 3.61. The van der Waals surface area contributed by atoms with Gasteiger partial charge in [-0.2, -0.15) is 0 Å². The number of hydrogen-bond acceptors (Lipinski definition) is 3. The summed E-state index contributed by atoms with van der Waals surface area (Å²) in [4.78, 5) is 15.8. The van der Waals surface area contributed by atoms with Crippen molar-refractivity contribution in [3.8, 4) is 0 Å². The summed E-state index contributed by atoms with van der Waals surface area (Å²) in [5, 5.41) is 8.77. The van der Waals surface area contributed by atoms with Crippen LogP contribution in [0.2, 0.25) is 0 Å². The Bertz CT molecular complexity index is 520. The number of carbonyl (C=O) groups is 1. The number of nitrogens with zero attached hydrogens (tertiary/aromatic N) is 2. The predicted octanol–water partition coefficient (Wildman–Crippen LogP) is 2.41. The molecule has 0 atom stereocenters. The lowest BCUT2D eigenvalue weighted by Gasteiger charge is -2.03.